The average molecular weight is 368 g/mol. The van der Waals surface area contributed by atoms with Crippen molar-refractivity contribution in [3.05, 3.63) is 71.1 Å². The summed E-state index contributed by atoms with van der Waals surface area (Å²) in [5.41, 5.74) is 2.91. The zero-order chi connectivity index (χ0) is 17.8. The van der Waals surface area contributed by atoms with E-state index in [0.717, 1.165) is 54.8 Å². The van der Waals surface area contributed by atoms with Crippen LogP contribution < -0.4 is 0 Å². The summed E-state index contributed by atoms with van der Waals surface area (Å²) in [4.78, 5) is 11.5. The van der Waals surface area contributed by atoms with E-state index in [1.807, 2.05) is 42.6 Å². The number of ether oxygens (including phenoxy) is 1. The molecule has 3 aromatic rings. The Labute approximate surface area is 158 Å². The highest BCUT2D eigenvalue weighted by atomic mass is 35.5. The van der Waals surface area contributed by atoms with Gasteiger partial charge in [-0.3, -0.25) is 9.88 Å². The monoisotopic (exact) mass is 367 g/mol. The third kappa shape index (κ3) is 4.21. The van der Waals surface area contributed by atoms with Crippen LogP contribution in [0.25, 0.3) is 10.9 Å². The minimum atomic E-state index is 0.245. The van der Waals surface area contributed by atoms with E-state index in [2.05, 4.69) is 22.0 Å². The van der Waals surface area contributed by atoms with Crippen molar-refractivity contribution in [3.8, 4) is 0 Å². The molecule has 1 saturated heterocycles. The minimum Gasteiger partial charge on any atom is -0.371 e. The largest absolute Gasteiger partial charge is 0.371 e. The van der Waals surface area contributed by atoms with E-state index in [1.165, 1.54) is 0 Å². The van der Waals surface area contributed by atoms with E-state index >= 15 is 0 Å². The van der Waals surface area contributed by atoms with Crippen molar-refractivity contribution in [3.63, 3.8) is 0 Å². The molecule has 1 unspecified atom stereocenters. The highest BCUT2D eigenvalue weighted by molar-refractivity contribution is 6.35. The molecule has 1 aromatic carbocycles. The molecule has 0 aliphatic carbocycles. The van der Waals surface area contributed by atoms with Crippen LogP contribution in [0, 0.1) is 0 Å². The standard InChI is InChI=1S/C21H22ClN3O/c22-20-8-3-5-16-9-10-17(24-21(16)20)13-25-12-4-7-19(14-25)26-15-18-6-1-2-11-23-18/h1-3,5-6,8-11,19H,4,7,12-15H2. The molecule has 1 atom stereocenters. The molecule has 0 bridgehead atoms. The Morgan fingerprint density at radius 2 is 2.04 bits per heavy atom. The number of aromatic nitrogens is 2. The molecular formula is C21H22ClN3O. The first-order valence-corrected chi connectivity index (χ1v) is 9.44. The van der Waals surface area contributed by atoms with Gasteiger partial charge >= 0.3 is 0 Å². The Balaban J connectivity index is 1.38. The first-order chi connectivity index (χ1) is 12.8. The molecule has 1 aliphatic heterocycles. The fraction of sp³-hybridized carbons (Fsp3) is 0.333. The van der Waals surface area contributed by atoms with E-state index in [0.29, 0.717) is 11.6 Å². The molecule has 5 heteroatoms. The zero-order valence-electron chi connectivity index (χ0n) is 14.6. The number of pyridine rings is 2. The van der Waals surface area contributed by atoms with Crippen LogP contribution in [0.1, 0.15) is 24.2 Å². The fourth-order valence-corrected chi connectivity index (χ4v) is 3.67. The molecule has 2 aromatic heterocycles. The van der Waals surface area contributed by atoms with Crippen LogP contribution in [-0.4, -0.2) is 34.1 Å². The molecule has 0 radical (unpaired) electrons. The maximum Gasteiger partial charge on any atom is 0.0892 e. The molecule has 3 heterocycles. The molecular weight excluding hydrogens is 346 g/mol. The molecule has 0 saturated carbocycles. The van der Waals surface area contributed by atoms with Gasteiger partial charge < -0.3 is 4.74 Å². The van der Waals surface area contributed by atoms with Gasteiger partial charge in [0.05, 0.1) is 34.6 Å². The second-order valence-electron chi connectivity index (χ2n) is 6.75. The van der Waals surface area contributed by atoms with Crippen LogP contribution in [0.3, 0.4) is 0 Å². The number of hydrogen-bond acceptors (Lipinski definition) is 4. The van der Waals surface area contributed by atoms with Crippen molar-refractivity contribution < 1.29 is 4.74 Å². The molecule has 1 fully saturated rings. The van der Waals surface area contributed by atoms with Crippen molar-refractivity contribution in [2.75, 3.05) is 13.1 Å². The quantitative estimate of drug-likeness (QED) is 0.667. The maximum absolute atomic E-state index is 6.29. The molecule has 0 amide bonds. The predicted molar refractivity (Wildman–Crippen MR) is 104 cm³/mol. The molecule has 1 aliphatic rings. The number of fused-ring (bicyclic) bond motifs is 1. The van der Waals surface area contributed by atoms with Gasteiger partial charge in [-0.1, -0.05) is 35.9 Å². The maximum atomic E-state index is 6.29. The summed E-state index contributed by atoms with van der Waals surface area (Å²) in [6.07, 6.45) is 4.29. The third-order valence-corrected chi connectivity index (χ3v) is 5.07. The van der Waals surface area contributed by atoms with Gasteiger partial charge in [0.2, 0.25) is 0 Å². The number of halogens is 1. The number of benzene rings is 1. The Morgan fingerprint density at radius 3 is 2.92 bits per heavy atom. The molecule has 0 spiro atoms. The number of rotatable bonds is 5. The highest BCUT2D eigenvalue weighted by Gasteiger charge is 2.21. The van der Waals surface area contributed by atoms with Gasteiger partial charge in [0.1, 0.15) is 0 Å². The van der Waals surface area contributed by atoms with Crippen LogP contribution in [0.5, 0.6) is 0 Å². The molecule has 134 valence electrons. The van der Waals surface area contributed by atoms with Crippen LogP contribution in [0.4, 0.5) is 0 Å². The fourth-order valence-electron chi connectivity index (χ4n) is 3.45. The van der Waals surface area contributed by atoms with Crippen LogP contribution >= 0.6 is 11.6 Å². The van der Waals surface area contributed by atoms with E-state index in [9.17, 15) is 0 Å². The summed E-state index contributed by atoms with van der Waals surface area (Å²) >= 11 is 6.29. The topological polar surface area (TPSA) is 38.2 Å². The van der Waals surface area contributed by atoms with Gasteiger partial charge in [0.15, 0.2) is 0 Å². The number of likely N-dealkylation sites (tertiary alicyclic amines) is 1. The molecule has 4 rings (SSSR count). The second-order valence-corrected chi connectivity index (χ2v) is 7.15. The lowest BCUT2D eigenvalue weighted by atomic mass is 10.1. The van der Waals surface area contributed by atoms with Gasteiger partial charge in [-0.2, -0.15) is 0 Å². The third-order valence-electron chi connectivity index (χ3n) is 4.77. The van der Waals surface area contributed by atoms with E-state index in [4.69, 9.17) is 21.3 Å². The number of nitrogens with zero attached hydrogens (tertiary/aromatic N) is 3. The van der Waals surface area contributed by atoms with Crippen molar-refractivity contribution in [2.24, 2.45) is 0 Å². The normalized spacial score (nSPS) is 18.3. The van der Waals surface area contributed by atoms with Gasteiger partial charge in [-0.25, -0.2) is 4.98 Å². The van der Waals surface area contributed by atoms with Crippen molar-refractivity contribution in [1.29, 1.82) is 0 Å². The van der Waals surface area contributed by atoms with Crippen molar-refractivity contribution in [1.82, 2.24) is 14.9 Å². The summed E-state index contributed by atoms with van der Waals surface area (Å²) in [5.74, 6) is 0. The van der Waals surface area contributed by atoms with Gasteiger partial charge in [-0.15, -0.1) is 0 Å². The first kappa shape index (κ1) is 17.4. The lowest BCUT2D eigenvalue weighted by Crippen LogP contribution is -2.39. The van der Waals surface area contributed by atoms with Crippen LogP contribution in [0.2, 0.25) is 5.02 Å². The molecule has 4 nitrogen and oxygen atoms in total. The zero-order valence-corrected chi connectivity index (χ0v) is 15.4. The van der Waals surface area contributed by atoms with Gasteiger partial charge in [0.25, 0.3) is 0 Å². The summed E-state index contributed by atoms with van der Waals surface area (Å²) in [6, 6.07) is 16.0. The number of piperidine rings is 1. The van der Waals surface area contributed by atoms with Gasteiger partial charge in [-0.05, 0) is 43.7 Å². The highest BCUT2D eigenvalue weighted by Crippen LogP contribution is 2.23. The number of hydrogen-bond donors (Lipinski definition) is 0. The predicted octanol–water partition coefficient (Wildman–Crippen LogP) is 4.46. The molecule has 0 N–H and O–H groups in total. The summed E-state index contributed by atoms with van der Waals surface area (Å²) in [5, 5.41) is 1.79. The first-order valence-electron chi connectivity index (χ1n) is 9.06. The summed E-state index contributed by atoms with van der Waals surface area (Å²) in [6.45, 7) is 3.40. The summed E-state index contributed by atoms with van der Waals surface area (Å²) in [7, 11) is 0. The van der Waals surface area contributed by atoms with Crippen LogP contribution in [0.15, 0.2) is 54.7 Å². The van der Waals surface area contributed by atoms with Crippen LogP contribution in [-0.2, 0) is 17.9 Å². The summed E-state index contributed by atoms with van der Waals surface area (Å²) < 4.78 is 6.08. The Kier molecular flexibility index (Phi) is 5.44. The van der Waals surface area contributed by atoms with Crippen molar-refractivity contribution in [2.45, 2.75) is 32.1 Å². The van der Waals surface area contributed by atoms with Crippen molar-refractivity contribution >= 4 is 22.5 Å². The van der Waals surface area contributed by atoms with E-state index < -0.39 is 0 Å². The smallest absolute Gasteiger partial charge is 0.0892 e. The minimum absolute atomic E-state index is 0.245. The second kappa shape index (κ2) is 8.12. The van der Waals surface area contributed by atoms with E-state index in [-0.39, 0.29) is 6.10 Å². The van der Waals surface area contributed by atoms with Gasteiger partial charge in [0, 0.05) is 24.7 Å². The number of para-hydroxylation sites is 1. The average Bonchev–Trinajstić information content (AvgIpc) is 2.68. The Bertz CT molecular complexity index is 872. The Morgan fingerprint density at radius 1 is 1.08 bits per heavy atom. The molecule has 26 heavy (non-hydrogen) atoms. The van der Waals surface area contributed by atoms with E-state index in [1.54, 1.807) is 0 Å². The lowest BCUT2D eigenvalue weighted by molar-refractivity contribution is -0.0135. The lowest BCUT2D eigenvalue weighted by Gasteiger charge is -2.32. The Hall–Kier alpha value is -2.01. The SMILES string of the molecule is Clc1cccc2ccc(CN3CCCC(OCc4ccccn4)C3)nc12.